The first-order valence-electron chi connectivity index (χ1n) is 8.25. The van der Waals surface area contributed by atoms with E-state index in [1.165, 1.54) is 6.07 Å². The van der Waals surface area contributed by atoms with Gasteiger partial charge in [-0.1, -0.05) is 0 Å². The van der Waals surface area contributed by atoms with E-state index in [-0.39, 0.29) is 30.2 Å². The zero-order valence-corrected chi connectivity index (χ0v) is 15.1. The quantitative estimate of drug-likeness (QED) is 0.846. The van der Waals surface area contributed by atoms with Crippen molar-refractivity contribution in [3.05, 3.63) is 23.8 Å². The summed E-state index contributed by atoms with van der Waals surface area (Å²) in [7, 11) is 0. The van der Waals surface area contributed by atoms with Crippen molar-refractivity contribution >= 4 is 29.3 Å². The van der Waals surface area contributed by atoms with E-state index in [2.05, 4.69) is 5.32 Å². The molecule has 0 aromatic heterocycles. The molecule has 1 fully saturated rings. The van der Waals surface area contributed by atoms with Crippen LogP contribution in [0.15, 0.2) is 23.1 Å². The Kier molecular flexibility index (Phi) is 5.21. The van der Waals surface area contributed by atoms with Crippen LogP contribution in [0.4, 0.5) is 18.9 Å². The summed E-state index contributed by atoms with van der Waals surface area (Å²) in [5.41, 5.74) is -0.685. The van der Waals surface area contributed by atoms with E-state index in [1.807, 2.05) is 13.8 Å². The monoisotopic (exact) mass is 388 g/mol. The van der Waals surface area contributed by atoms with Crippen molar-refractivity contribution in [1.82, 2.24) is 4.90 Å². The van der Waals surface area contributed by atoms with Gasteiger partial charge in [0.1, 0.15) is 0 Å². The lowest BCUT2D eigenvalue weighted by Gasteiger charge is -2.36. The van der Waals surface area contributed by atoms with Gasteiger partial charge < -0.3 is 15.0 Å². The maximum atomic E-state index is 12.8. The molecule has 0 spiro atoms. The summed E-state index contributed by atoms with van der Waals surface area (Å²) in [5.74, 6) is -0.612. The lowest BCUT2D eigenvalue weighted by molar-refractivity contribution is -0.143. The Morgan fingerprint density at radius 2 is 1.96 bits per heavy atom. The van der Waals surface area contributed by atoms with Crippen LogP contribution in [-0.4, -0.2) is 47.3 Å². The fraction of sp³-hybridized carbons (Fsp3) is 0.529. The number of halogens is 3. The van der Waals surface area contributed by atoms with Crippen molar-refractivity contribution in [3.8, 4) is 0 Å². The molecule has 142 valence electrons. The molecule has 2 aliphatic rings. The van der Waals surface area contributed by atoms with Crippen LogP contribution >= 0.6 is 11.8 Å². The number of hydrogen-bond donors (Lipinski definition) is 1. The average Bonchev–Trinajstić information content (AvgIpc) is 2.53. The van der Waals surface area contributed by atoms with Crippen LogP contribution in [0.1, 0.15) is 25.8 Å². The van der Waals surface area contributed by atoms with Crippen molar-refractivity contribution in [2.45, 2.75) is 48.8 Å². The molecular weight excluding hydrogens is 369 g/mol. The molecule has 3 unspecified atom stereocenters. The number of morpholine rings is 1. The number of nitrogens with zero attached hydrogens (tertiary/aromatic N) is 1. The van der Waals surface area contributed by atoms with E-state index in [0.29, 0.717) is 18.0 Å². The lowest BCUT2D eigenvalue weighted by Crippen LogP contribution is -2.49. The molecule has 1 saturated heterocycles. The van der Waals surface area contributed by atoms with E-state index in [4.69, 9.17) is 4.74 Å². The van der Waals surface area contributed by atoms with Gasteiger partial charge in [-0.15, -0.1) is 11.8 Å². The minimum absolute atomic E-state index is 0.00357. The van der Waals surface area contributed by atoms with E-state index in [1.54, 1.807) is 4.90 Å². The van der Waals surface area contributed by atoms with Gasteiger partial charge in [0.05, 0.1) is 28.7 Å². The molecule has 0 saturated carbocycles. The summed E-state index contributed by atoms with van der Waals surface area (Å²) >= 11 is 1.12. The first-order chi connectivity index (χ1) is 12.1. The van der Waals surface area contributed by atoms with Gasteiger partial charge in [-0.3, -0.25) is 9.59 Å². The van der Waals surface area contributed by atoms with Crippen molar-refractivity contribution in [3.63, 3.8) is 0 Å². The SMILES string of the molecule is CC1CN(C(=O)CC2Sc3ccc(C(F)(F)F)cc3NC2=O)CC(C)O1. The van der Waals surface area contributed by atoms with E-state index < -0.39 is 22.9 Å². The second-order valence-electron chi connectivity index (χ2n) is 6.56. The average molecular weight is 388 g/mol. The molecule has 0 aliphatic carbocycles. The van der Waals surface area contributed by atoms with Gasteiger partial charge in [0.25, 0.3) is 0 Å². The first kappa shape index (κ1) is 19.0. The fourth-order valence-corrected chi connectivity index (χ4v) is 4.21. The molecule has 9 heteroatoms. The summed E-state index contributed by atoms with van der Waals surface area (Å²) in [4.78, 5) is 27.0. The Morgan fingerprint density at radius 1 is 1.31 bits per heavy atom. The number of carbonyl (C=O) groups excluding carboxylic acids is 2. The van der Waals surface area contributed by atoms with Gasteiger partial charge in [0.2, 0.25) is 11.8 Å². The molecule has 5 nitrogen and oxygen atoms in total. The second-order valence-corrected chi connectivity index (χ2v) is 7.81. The lowest BCUT2D eigenvalue weighted by atomic mass is 10.1. The Balaban J connectivity index is 1.69. The normalized spacial score (nSPS) is 26.3. The summed E-state index contributed by atoms with van der Waals surface area (Å²) in [6.45, 7) is 4.69. The third-order valence-corrected chi connectivity index (χ3v) is 5.53. The number of fused-ring (bicyclic) bond motifs is 1. The zero-order chi connectivity index (χ0) is 19.1. The highest BCUT2D eigenvalue weighted by atomic mass is 32.2. The van der Waals surface area contributed by atoms with Crippen LogP contribution in [0.5, 0.6) is 0 Å². The van der Waals surface area contributed by atoms with Gasteiger partial charge in [-0.2, -0.15) is 13.2 Å². The Hall–Kier alpha value is -1.74. The highest BCUT2D eigenvalue weighted by Crippen LogP contribution is 2.40. The predicted octanol–water partition coefficient (Wildman–Crippen LogP) is 3.14. The summed E-state index contributed by atoms with van der Waals surface area (Å²) < 4.78 is 44.0. The minimum Gasteiger partial charge on any atom is -0.372 e. The molecule has 3 atom stereocenters. The van der Waals surface area contributed by atoms with Crippen LogP contribution in [0.2, 0.25) is 0 Å². The minimum atomic E-state index is -4.47. The van der Waals surface area contributed by atoms with Crippen LogP contribution in [-0.2, 0) is 20.5 Å². The largest absolute Gasteiger partial charge is 0.416 e. The van der Waals surface area contributed by atoms with Crippen LogP contribution in [0, 0.1) is 0 Å². The Morgan fingerprint density at radius 3 is 2.58 bits per heavy atom. The predicted molar refractivity (Wildman–Crippen MR) is 90.9 cm³/mol. The van der Waals surface area contributed by atoms with Crippen molar-refractivity contribution in [2.24, 2.45) is 0 Å². The number of anilines is 1. The summed E-state index contributed by atoms with van der Waals surface area (Å²) in [6.07, 6.45) is -4.62. The summed E-state index contributed by atoms with van der Waals surface area (Å²) in [5, 5.41) is 1.83. The van der Waals surface area contributed by atoms with Gasteiger partial charge in [0.15, 0.2) is 0 Å². The third-order valence-electron chi connectivity index (χ3n) is 4.26. The highest BCUT2D eigenvalue weighted by molar-refractivity contribution is 8.01. The Bertz CT molecular complexity index is 716. The zero-order valence-electron chi connectivity index (χ0n) is 14.3. The van der Waals surface area contributed by atoms with E-state index in [9.17, 15) is 22.8 Å². The van der Waals surface area contributed by atoms with Crippen LogP contribution < -0.4 is 5.32 Å². The van der Waals surface area contributed by atoms with Gasteiger partial charge in [-0.05, 0) is 32.0 Å². The molecular formula is C17H19F3N2O3S. The highest BCUT2D eigenvalue weighted by Gasteiger charge is 2.35. The topological polar surface area (TPSA) is 58.6 Å². The van der Waals surface area contributed by atoms with Crippen molar-refractivity contribution < 1.29 is 27.5 Å². The molecule has 0 radical (unpaired) electrons. The molecule has 2 heterocycles. The number of alkyl halides is 3. The molecule has 1 aromatic rings. The Labute approximate surface area is 153 Å². The van der Waals surface area contributed by atoms with Crippen LogP contribution in [0.3, 0.4) is 0 Å². The number of carbonyl (C=O) groups is 2. The van der Waals surface area contributed by atoms with Gasteiger partial charge >= 0.3 is 6.18 Å². The maximum absolute atomic E-state index is 12.8. The molecule has 2 amide bonds. The number of rotatable bonds is 2. The number of hydrogen-bond acceptors (Lipinski definition) is 4. The molecule has 1 N–H and O–H groups in total. The number of nitrogens with one attached hydrogen (secondary N) is 1. The smallest absolute Gasteiger partial charge is 0.372 e. The van der Waals surface area contributed by atoms with E-state index >= 15 is 0 Å². The second kappa shape index (κ2) is 7.11. The molecule has 0 bridgehead atoms. The molecule has 2 aliphatic heterocycles. The standard InChI is InChI=1S/C17H19F3N2O3S/c1-9-7-22(8-10(2)25-9)15(23)6-14-16(24)21-12-5-11(17(18,19)20)3-4-13(12)26-14/h3-5,9-10,14H,6-8H2,1-2H3,(H,21,24). The molecule has 3 rings (SSSR count). The number of benzene rings is 1. The number of ether oxygens (including phenoxy) is 1. The first-order valence-corrected chi connectivity index (χ1v) is 9.13. The number of amides is 2. The van der Waals surface area contributed by atoms with Crippen molar-refractivity contribution in [2.75, 3.05) is 18.4 Å². The van der Waals surface area contributed by atoms with Gasteiger partial charge in [-0.25, -0.2) is 0 Å². The third kappa shape index (κ3) is 4.15. The van der Waals surface area contributed by atoms with Gasteiger partial charge in [0, 0.05) is 24.4 Å². The fourth-order valence-electron chi connectivity index (χ4n) is 3.13. The molecule has 26 heavy (non-hydrogen) atoms. The van der Waals surface area contributed by atoms with Crippen LogP contribution in [0.25, 0.3) is 0 Å². The maximum Gasteiger partial charge on any atom is 0.416 e. The number of thioether (sulfide) groups is 1. The van der Waals surface area contributed by atoms with Crippen molar-refractivity contribution in [1.29, 1.82) is 0 Å². The van der Waals surface area contributed by atoms with E-state index in [0.717, 1.165) is 23.9 Å². The molecule has 1 aromatic carbocycles. The summed E-state index contributed by atoms with van der Waals surface area (Å²) in [6, 6.07) is 3.23.